The second-order valence-corrected chi connectivity index (χ2v) is 6.06. The van der Waals surface area contributed by atoms with E-state index in [0.717, 1.165) is 24.9 Å². The van der Waals surface area contributed by atoms with E-state index in [4.69, 9.17) is 0 Å². The van der Waals surface area contributed by atoms with E-state index in [2.05, 4.69) is 48.3 Å². The van der Waals surface area contributed by atoms with Crippen molar-refractivity contribution in [1.82, 2.24) is 5.32 Å². The van der Waals surface area contributed by atoms with Crippen LogP contribution in [0.1, 0.15) is 51.1 Å². The van der Waals surface area contributed by atoms with Gasteiger partial charge in [-0.3, -0.25) is 0 Å². The number of hydrogen-bond donors (Lipinski definition) is 1. The molecule has 3 atom stereocenters. The zero-order valence-corrected chi connectivity index (χ0v) is 12.2. The average Bonchev–Trinajstić information content (AvgIpc) is 3.07. The molecule has 0 amide bonds. The molecule has 1 aromatic carbocycles. The normalized spacial score (nSPS) is 26.9. The van der Waals surface area contributed by atoms with Crippen molar-refractivity contribution in [3.05, 3.63) is 29.8 Å². The van der Waals surface area contributed by atoms with Crippen molar-refractivity contribution < 1.29 is 0 Å². The summed E-state index contributed by atoms with van der Waals surface area (Å²) in [6.07, 6.45) is 5.43. The maximum atomic E-state index is 3.63. The summed E-state index contributed by atoms with van der Waals surface area (Å²) >= 11 is 0. The Morgan fingerprint density at radius 2 is 2.11 bits per heavy atom. The van der Waals surface area contributed by atoms with Gasteiger partial charge in [0.05, 0.1) is 0 Å². The Morgan fingerprint density at radius 1 is 1.26 bits per heavy atom. The van der Waals surface area contributed by atoms with Gasteiger partial charge in [-0.1, -0.05) is 32.0 Å². The monoisotopic (exact) mass is 258 g/mol. The third-order valence-electron chi connectivity index (χ3n) is 4.89. The van der Waals surface area contributed by atoms with Crippen molar-refractivity contribution in [2.45, 2.75) is 51.6 Å². The van der Waals surface area contributed by atoms with E-state index < -0.39 is 0 Å². The molecule has 104 valence electrons. The Morgan fingerprint density at radius 3 is 2.74 bits per heavy atom. The summed E-state index contributed by atoms with van der Waals surface area (Å²) in [5, 5.41) is 3.63. The number of benzene rings is 1. The molecular weight excluding hydrogens is 232 g/mol. The molecule has 0 radical (unpaired) electrons. The van der Waals surface area contributed by atoms with Gasteiger partial charge >= 0.3 is 0 Å². The largest absolute Gasteiger partial charge is 0.368 e. The first-order chi connectivity index (χ1) is 9.33. The van der Waals surface area contributed by atoms with E-state index in [-0.39, 0.29) is 0 Å². The first-order valence-electron chi connectivity index (χ1n) is 7.92. The lowest BCUT2D eigenvalue weighted by atomic mass is 10.00. The molecule has 2 bridgehead atoms. The summed E-state index contributed by atoms with van der Waals surface area (Å²) in [5.41, 5.74) is 2.99. The molecule has 3 unspecified atom stereocenters. The van der Waals surface area contributed by atoms with Crippen molar-refractivity contribution in [2.24, 2.45) is 5.92 Å². The molecule has 1 saturated carbocycles. The van der Waals surface area contributed by atoms with E-state index in [9.17, 15) is 0 Å². The minimum absolute atomic E-state index is 0.500. The van der Waals surface area contributed by atoms with Crippen LogP contribution in [0.15, 0.2) is 24.3 Å². The summed E-state index contributed by atoms with van der Waals surface area (Å²) in [7, 11) is 0. The quantitative estimate of drug-likeness (QED) is 0.865. The fourth-order valence-electron chi connectivity index (χ4n) is 3.98. The number of rotatable bonds is 5. The average molecular weight is 258 g/mol. The maximum absolute atomic E-state index is 3.63. The highest BCUT2D eigenvalue weighted by molar-refractivity contribution is 5.57. The van der Waals surface area contributed by atoms with Crippen LogP contribution in [0.3, 0.4) is 0 Å². The van der Waals surface area contributed by atoms with Gasteiger partial charge in [0.1, 0.15) is 0 Å². The fourth-order valence-corrected chi connectivity index (χ4v) is 3.98. The molecule has 2 fully saturated rings. The third-order valence-corrected chi connectivity index (χ3v) is 4.89. The van der Waals surface area contributed by atoms with Crippen LogP contribution < -0.4 is 10.2 Å². The van der Waals surface area contributed by atoms with E-state index in [1.54, 1.807) is 0 Å². The Kier molecular flexibility index (Phi) is 3.79. The molecule has 1 heterocycles. The molecule has 2 aliphatic rings. The van der Waals surface area contributed by atoms with Crippen LogP contribution in [0, 0.1) is 5.92 Å². The van der Waals surface area contributed by atoms with Crippen molar-refractivity contribution in [3.8, 4) is 0 Å². The molecule has 1 saturated heterocycles. The first kappa shape index (κ1) is 13.0. The van der Waals surface area contributed by atoms with E-state index >= 15 is 0 Å². The summed E-state index contributed by atoms with van der Waals surface area (Å²) < 4.78 is 0. The number of anilines is 1. The molecule has 19 heavy (non-hydrogen) atoms. The van der Waals surface area contributed by atoms with Crippen LogP contribution in [0.25, 0.3) is 0 Å². The predicted octanol–water partition coefficient (Wildman–Crippen LogP) is 3.74. The highest BCUT2D eigenvalue weighted by atomic mass is 15.2. The molecule has 1 aliphatic carbocycles. The SMILES string of the molecule is CCNC(CC)c1ccccc1N1CC2CCC1C2. The van der Waals surface area contributed by atoms with Gasteiger partial charge in [0.15, 0.2) is 0 Å². The van der Waals surface area contributed by atoms with Gasteiger partial charge in [0, 0.05) is 24.3 Å². The number of nitrogens with zero attached hydrogens (tertiary/aromatic N) is 1. The van der Waals surface area contributed by atoms with Gasteiger partial charge in [-0.25, -0.2) is 0 Å². The van der Waals surface area contributed by atoms with Crippen LogP contribution in [0.5, 0.6) is 0 Å². The minimum atomic E-state index is 0.500. The van der Waals surface area contributed by atoms with Gasteiger partial charge in [-0.05, 0) is 49.8 Å². The fraction of sp³-hybridized carbons (Fsp3) is 0.647. The van der Waals surface area contributed by atoms with Crippen LogP contribution in [0.4, 0.5) is 5.69 Å². The third kappa shape index (κ3) is 2.38. The van der Waals surface area contributed by atoms with Crippen molar-refractivity contribution in [3.63, 3.8) is 0 Å². The maximum Gasteiger partial charge on any atom is 0.0417 e. The number of para-hydroxylation sites is 1. The van der Waals surface area contributed by atoms with Gasteiger partial charge in [-0.15, -0.1) is 0 Å². The van der Waals surface area contributed by atoms with Crippen molar-refractivity contribution in [1.29, 1.82) is 0 Å². The standard InChI is InChI=1S/C17H26N2/c1-3-16(18-4-2)15-7-5-6-8-17(15)19-12-13-9-10-14(19)11-13/h5-8,13-14,16,18H,3-4,9-12H2,1-2H3. The van der Waals surface area contributed by atoms with Gasteiger partial charge in [0.25, 0.3) is 0 Å². The minimum Gasteiger partial charge on any atom is -0.368 e. The van der Waals surface area contributed by atoms with Gasteiger partial charge in [0.2, 0.25) is 0 Å². The molecule has 2 nitrogen and oxygen atoms in total. The molecule has 1 aromatic rings. The smallest absolute Gasteiger partial charge is 0.0417 e. The van der Waals surface area contributed by atoms with Gasteiger partial charge in [-0.2, -0.15) is 0 Å². The van der Waals surface area contributed by atoms with Crippen LogP contribution in [0.2, 0.25) is 0 Å². The highest BCUT2D eigenvalue weighted by Crippen LogP contribution is 2.42. The summed E-state index contributed by atoms with van der Waals surface area (Å²) in [6.45, 7) is 6.80. The van der Waals surface area contributed by atoms with E-state index in [1.165, 1.54) is 37.1 Å². The van der Waals surface area contributed by atoms with Crippen LogP contribution >= 0.6 is 0 Å². The molecule has 0 aromatic heterocycles. The summed E-state index contributed by atoms with van der Waals surface area (Å²) in [4.78, 5) is 2.68. The summed E-state index contributed by atoms with van der Waals surface area (Å²) in [6, 6.07) is 10.3. The molecule has 0 spiro atoms. The number of fused-ring (bicyclic) bond motifs is 2. The second-order valence-electron chi connectivity index (χ2n) is 6.06. The molecule has 3 rings (SSSR count). The molecule has 1 aliphatic heterocycles. The first-order valence-corrected chi connectivity index (χ1v) is 7.92. The lowest BCUT2D eigenvalue weighted by molar-refractivity contribution is 0.525. The van der Waals surface area contributed by atoms with Crippen LogP contribution in [-0.2, 0) is 0 Å². The zero-order chi connectivity index (χ0) is 13.2. The Bertz CT molecular complexity index is 429. The van der Waals surface area contributed by atoms with E-state index in [1.807, 2.05) is 0 Å². The second kappa shape index (κ2) is 5.54. The Hall–Kier alpha value is -1.02. The molecule has 1 N–H and O–H groups in total. The highest BCUT2D eigenvalue weighted by Gasteiger charge is 2.38. The topological polar surface area (TPSA) is 15.3 Å². The Balaban J connectivity index is 1.88. The molecular formula is C17H26N2. The van der Waals surface area contributed by atoms with Crippen LogP contribution in [-0.4, -0.2) is 19.1 Å². The van der Waals surface area contributed by atoms with Crippen molar-refractivity contribution >= 4 is 5.69 Å². The number of hydrogen-bond acceptors (Lipinski definition) is 2. The number of nitrogens with one attached hydrogen (secondary N) is 1. The van der Waals surface area contributed by atoms with E-state index in [0.29, 0.717) is 6.04 Å². The zero-order valence-electron chi connectivity index (χ0n) is 12.2. The van der Waals surface area contributed by atoms with Crippen molar-refractivity contribution in [2.75, 3.05) is 18.0 Å². The lowest BCUT2D eigenvalue weighted by Crippen LogP contribution is -2.33. The number of piperidine rings is 1. The predicted molar refractivity (Wildman–Crippen MR) is 81.6 cm³/mol. The summed E-state index contributed by atoms with van der Waals surface area (Å²) in [5.74, 6) is 0.956. The molecule has 2 heteroatoms. The van der Waals surface area contributed by atoms with Gasteiger partial charge < -0.3 is 10.2 Å². The lowest BCUT2D eigenvalue weighted by Gasteiger charge is -2.33. The Labute approximate surface area is 117 Å².